The second-order valence-electron chi connectivity index (χ2n) is 7.47. The Morgan fingerprint density at radius 3 is 2.50 bits per heavy atom. The number of aromatic nitrogens is 3. The zero-order chi connectivity index (χ0) is 23.8. The largest absolute Gasteiger partial charge is 0.457 e. The highest BCUT2D eigenvalue weighted by atomic mass is 32.1. The molecule has 0 unspecified atom stereocenters. The van der Waals surface area contributed by atoms with Crippen molar-refractivity contribution in [3.05, 3.63) is 86.9 Å². The second-order valence-corrected chi connectivity index (χ2v) is 8.48. The van der Waals surface area contributed by atoms with Gasteiger partial charge in [-0.05, 0) is 31.2 Å². The van der Waals surface area contributed by atoms with Crippen molar-refractivity contribution < 1.29 is 18.7 Å². The molecular weight excluding hydrogens is 454 g/mol. The predicted molar refractivity (Wildman–Crippen MR) is 127 cm³/mol. The van der Waals surface area contributed by atoms with Crippen LogP contribution in [-0.2, 0) is 4.79 Å². The van der Waals surface area contributed by atoms with Gasteiger partial charge in [0.15, 0.2) is 11.6 Å². The van der Waals surface area contributed by atoms with E-state index in [9.17, 15) is 14.4 Å². The van der Waals surface area contributed by atoms with E-state index in [-0.39, 0.29) is 11.3 Å². The summed E-state index contributed by atoms with van der Waals surface area (Å²) in [6.07, 6.45) is 1.64. The zero-order valence-electron chi connectivity index (χ0n) is 18.1. The number of rotatable bonds is 5. The number of fused-ring (bicyclic) bond motifs is 1. The summed E-state index contributed by atoms with van der Waals surface area (Å²) in [4.78, 5) is 40.6. The molecule has 2 aromatic carbocycles. The molecule has 5 aromatic rings. The van der Waals surface area contributed by atoms with E-state index in [0.717, 1.165) is 5.56 Å². The number of thiazole rings is 1. The van der Waals surface area contributed by atoms with Crippen molar-refractivity contribution in [2.24, 2.45) is 0 Å². The number of para-hydroxylation sites is 1. The van der Waals surface area contributed by atoms with Crippen LogP contribution in [0.1, 0.15) is 30.0 Å². The molecule has 0 bridgehead atoms. The van der Waals surface area contributed by atoms with Crippen molar-refractivity contribution in [2.45, 2.75) is 13.8 Å². The number of ether oxygens (including phenoxy) is 1. The smallest absolute Gasteiger partial charge is 0.308 e. The van der Waals surface area contributed by atoms with Gasteiger partial charge in [0.2, 0.25) is 4.96 Å². The molecule has 0 aliphatic heterocycles. The van der Waals surface area contributed by atoms with Crippen LogP contribution in [0.25, 0.3) is 33.7 Å². The minimum atomic E-state index is -0.456. The summed E-state index contributed by atoms with van der Waals surface area (Å²) in [5.74, 6) is 1.29. The molecule has 0 amide bonds. The van der Waals surface area contributed by atoms with Crippen molar-refractivity contribution in [1.29, 1.82) is 0 Å². The molecule has 0 saturated heterocycles. The number of Topliss-reactive ketones (excluding diaryl/α,β-unsaturated/α-hetero) is 1. The topological polar surface area (TPSA) is 104 Å². The summed E-state index contributed by atoms with van der Waals surface area (Å²) >= 11 is 1.18. The summed E-state index contributed by atoms with van der Waals surface area (Å²) < 4.78 is 12.7. The first-order chi connectivity index (χ1) is 16.4. The van der Waals surface area contributed by atoms with Crippen LogP contribution < -0.4 is 14.8 Å². The fourth-order valence-corrected chi connectivity index (χ4v) is 4.31. The summed E-state index contributed by atoms with van der Waals surface area (Å²) in [6.45, 7) is 2.83. The van der Waals surface area contributed by atoms with Gasteiger partial charge in [-0.1, -0.05) is 47.7 Å². The zero-order valence-corrected chi connectivity index (χ0v) is 19.0. The molecular formula is C25H17N3O5S. The second kappa shape index (κ2) is 8.53. The number of esters is 1. The molecule has 0 atom stereocenters. The lowest BCUT2D eigenvalue weighted by molar-refractivity contribution is -0.131. The number of carbonyl (C=O) groups is 2. The SMILES string of the molecule is CC(=O)Oc1ccccc1-c1nc2sc(=Cc3ccc(-c4ccc(C(C)=O)cc4)o3)c(=O)n2n1. The monoisotopic (exact) mass is 471 g/mol. The summed E-state index contributed by atoms with van der Waals surface area (Å²) in [5, 5.41) is 4.32. The Labute approximate surface area is 196 Å². The van der Waals surface area contributed by atoms with E-state index in [0.29, 0.717) is 43.7 Å². The Balaban J connectivity index is 1.47. The van der Waals surface area contributed by atoms with Crippen molar-refractivity contribution in [3.8, 4) is 28.5 Å². The van der Waals surface area contributed by atoms with Crippen LogP contribution in [0.2, 0.25) is 0 Å². The molecule has 0 radical (unpaired) electrons. The fraction of sp³-hybridized carbons (Fsp3) is 0.0800. The maximum Gasteiger partial charge on any atom is 0.308 e. The number of nitrogens with zero attached hydrogens (tertiary/aromatic N) is 3. The minimum absolute atomic E-state index is 0.00247. The summed E-state index contributed by atoms with van der Waals surface area (Å²) in [5.41, 5.74) is 1.64. The van der Waals surface area contributed by atoms with Crippen LogP contribution in [0.5, 0.6) is 5.75 Å². The van der Waals surface area contributed by atoms with Gasteiger partial charge < -0.3 is 9.15 Å². The molecule has 0 saturated carbocycles. The molecule has 34 heavy (non-hydrogen) atoms. The Morgan fingerprint density at radius 2 is 1.79 bits per heavy atom. The number of hydrogen-bond acceptors (Lipinski definition) is 8. The molecule has 0 N–H and O–H groups in total. The van der Waals surface area contributed by atoms with Gasteiger partial charge in [-0.3, -0.25) is 14.4 Å². The predicted octanol–water partition coefficient (Wildman–Crippen LogP) is 3.75. The van der Waals surface area contributed by atoms with Gasteiger partial charge in [0.1, 0.15) is 21.8 Å². The van der Waals surface area contributed by atoms with Crippen LogP contribution in [0.4, 0.5) is 0 Å². The van der Waals surface area contributed by atoms with Crippen molar-refractivity contribution >= 4 is 34.1 Å². The van der Waals surface area contributed by atoms with Gasteiger partial charge in [0.05, 0.1) is 5.56 Å². The van der Waals surface area contributed by atoms with E-state index < -0.39 is 5.97 Å². The first-order valence-electron chi connectivity index (χ1n) is 10.3. The number of hydrogen-bond donors (Lipinski definition) is 0. The van der Waals surface area contributed by atoms with Crippen LogP contribution in [0, 0.1) is 0 Å². The maximum atomic E-state index is 12.9. The Morgan fingerprint density at radius 1 is 1.03 bits per heavy atom. The third-order valence-corrected chi connectivity index (χ3v) is 6.00. The molecule has 0 fully saturated rings. The average molecular weight is 471 g/mol. The average Bonchev–Trinajstić information content (AvgIpc) is 3.51. The van der Waals surface area contributed by atoms with Crippen LogP contribution in [0.15, 0.2) is 69.9 Å². The molecule has 5 rings (SSSR count). The molecule has 0 spiro atoms. The standard InChI is InChI=1S/C25H17N3O5S/c1-14(29)16-7-9-17(10-8-16)20-12-11-18(33-20)13-22-24(31)28-25(34-22)26-23(27-28)19-5-3-4-6-21(19)32-15(2)30/h3-13H,1-2H3. The van der Waals surface area contributed by atoms with Crippen molar-refractivity contribution in [3.63, 3.8) is 0 Å². The number of carbonyl (C=O) groups excluding carboxylic acids is 2. The Hall–Kier alpha value is -4.37. The third-order valence-electron chi connectivity index (χ3n) is 5.04. The minimum Gasteiger partial charge on any atom is -0.457 e. The normalized spacial score (nSPS) is 11.8. The lowest BCUT2D eigenvalue weighted by Crippen LogP contribution is -2.23. The van der Waals surface area contributed by atoms with Gasteiger partial charge in [-0.25, -0.2) is 0 Å². The van der Waals surface area contributed by atoms with Crippen molar-refractivity contribution in [1.82, 2.24) is 14.6 Å². The summed E-state index contributed by atoms with van der Waals surface area (Å²) in [6, 6.07) is 17.6. The molecule has 168 valence electrons. The third kappa shape index (κ3) is 4.04. The van der Waals surface area contributed by atoms with E-state index >= 15 is 0 Å². The van der Waals surface area contributed by atoms with Crippen LogP contribution in [-0.4, -0.2) is 26.4 Å². The molecule has 3 heterocycles. The van der Waals surface area contributed by atoms with Gasteiger partial charge in [-0.15, -0.1) is 5.10 Å². The highest BCUT2D eigenvalue weighted by Gasteiger charge is 2.16. The van der Waals surface area contributed by atoms with Gasteiger partial charge in [-0.2, -0.15) is 9.50 Å². The van der Waals surface area contributed by atoms with E-state index in [4.69, 9.17) is 9.15 Å². The molecule has 0 aliphatic rings. The number of ketones is 1. The lowest BCUT2D eigenvalue weighted by atomic mass is 10.1. The highest BCUT2D eigenvalue weighted by molar-refractivity contribution is 7.15. The molecule has 3 aromatic heterocycles. The van der Waals surface area contributed by atoms with E-state index in [1.807, 2.05) is 12.1 Å². The Kier molecular flexibility index (Phi) is 5.39. The number of benzene rings is 2. The number of furan rings is 1. The van der Waals surface area contributed by atoms with Crippen molar-refractivity contribution in [2.75, 3.05) is 0 Å². The van der Waals surface area contributed by atoms with Gasteiger partial charge >= 0.3 is 5.97 Å². The summed E-state index contributed by atoms with van der Waals surface area (Å²) in [7, 11) is 0. The van der Waals surface area contributed by atoms with Crippen LogP contribution in [0.3, 0.4) is 0 Å². The van der Waals surface area contributed by atoms with Crippen LogP contribution >= 0.6 is 11.3 Å². The molecule has 8 nitrogen and oxygen atoms in total. The fourth-order valence-electron chi connectivity index (χ4n) is 3.43. The molecule has 9 heteroatoms. The first kappa shape index (κ1) is 21.5. The van der Waals surface area contributed by atoms with E-state index in [1.165, 1.54) is 29.7 Å². The van der Waals surface area contributed by atoms with E-state index in [2.05, 4.69) is 10.1 Å². The first-order valence-corrected chi connectivity index (χ1v) is 11.1. The quantitative estimate of drug-likeness (QED) is 0.218. The lowest BCUT2D eigenvalue weighted by Gasteiger charge is -2.04. The Bertz CT molecular complexity index is 1660. The maximum absolute atomic E-state index is 12.9. The highest BCUT2D eigenvalue weighted by Crippen LogP contribution is 2.28. The van der Waals surface area contributed by atoms with Gasteiger partial charge in [0, 0.05) is 24.1 Å². The molecule has 0 aliphatic carbocycles. The van der Waals surface area contributed by atoms with Gasteiger partial charge in [0.25, 0.3) is 5.56 Å². The van der Waals surface area contributed by atoms with E-state index in [1.54, 1.807) is 54.6 Å².